The molecule has 2 aromatic carbocycles. The van der Waals surface area contributed by atoms with Crippen molar-refractivity contribution in [3.63, 3.8) is 0 Å². The van der Waals surface area contributed by atoms with E-state index in [0.717, 1.165) is 43.4 Å². The van der Waals surface area contributed by atoms with Crippen molar-refractivity contribution in [3.05, 3.63) is 116 Å². The number of likely N-dealkylation sites (tertiary alicyclic amines) is 2. The second-order valence-electron chi connectivity index (χ2n) is 18.5. The number of imidazole rings is 1. The molecule has 0 aliphatic carbocycles. The van der Waals surface area contributed by atoms with Crippen LogP contribution in [0.5, 0.6) is 0 Å². The highest BCUT2D eigenvalue weighted by Gasteiger charge is 2.45. The molecule has 4 N–H and O–H groups in total. The highest BCUT2D eigenvalue weighted by Crippen LogP contribution is 2.35. The number of rotatable bonds is 17. The number of aliphatic hydroxyl groups excluding tert-OH is 1. The predicted octanol–water partition coefficient (Wildman–Crippen LogP) is 7.30. The van der Waals surface area contributed by atoms with Crippen molar-refractivity contribution in [2.75, 3.05) is 13.1 Å². The van der Waals surface area contributed by atoms with Crippen molar-refractivity contribution >= 4 is 57.6 Å². The fourth-order valence-corrected chi connectivity index (χ4v) is 11.6. The van der Waals surface area contributed by atoms with E-state index >= 15 is 0 Å². The molecule has 6 heterocycles. The first-order chi connectivity index (χ1) is 32.6. The van der Waals surface area contributed by atoms with E-state index in [1.165, 1.54) is 16.2 Å². The fraction of sp³-hybridized carbons (Fsp3) is 0.440. The molecule has 68 heavy (non-hydrogen) atoms. The number of aromatic nitrogens is 5. The molecule has 6 atom stereocenters. The van der Waals surface area contributed by atoms with Gasteiger partial charge in [0.15, 0.2) is 0 Å². The summed E-state index contributed by atoms with van der Waals surface area (Å²) >= 11 is 4.54. The van der Waals surface area contributed by atoms with Crippen LogP contribution in [-0.4, -0.2) is 101 Å². The zero-order valence-electron chi connectivity index (χ0n) is 39.4. The van der Waals surface area contributed by atoms with Crippen molar-refractivity contribution in [1.29, 1.82) is 0 Å². The summed E-state index contributed by atoms with van der Waals surface area (Å²) in [6.45, 7) is 14.6. The van der Waals surface area contributed by atoms with Gasteiger partial charge in [-0.3, -0.25) is 19.2 Å². The molecular weight excluding hydrogens is 919 g/mol. The van der Waals surface area contributed by atoms with Gasteiger partial charge >= 0.3 is 0 Å². The van der Waals surface area contributed by atoms with Gasteiger partial charge in [0.05, 0.1) is 68.5 Å². The Morgan fingerprint density at radius 3 is 1.76 bits per heavy atom. The number of carbonyl (C=O) groups excluding carboxylic acids is 4. The number of nitrogens with zero attached hydrogens (tertiary/aromatic N) is 6. The SMILES string of the molecule is Cc1ncc([C@H](C(=O)N2C[C@H](OCc3nc([C@H](C(=O)N4C[C@H](O)C[C@H]4C(=O)NCc4ccc(-c5scnc5C)cc4)C(C)C)cs3)C[C@H]2C(=O)NCc2ccc(-c3scnc3C)cc2)C(C)C)[nH]1. The minimum Gasteiger partial charge on any atom is -0.391 e. The summed E-state index contributed by atoms with van der Waals surface area (Å²) in [4.78, 5) is 83.1. The smallest absolute Gasteiger partial charge is 0.243 e. The van der Waals surface area contributed by atoms with E-state index < -0.39 is 36.1 Å². The highest BCUT2D eigenvalue weighted by atomic mass is 32.1. The van der Waals surface area contributed by atoms with E-state index in [4.69, 9.17) is 9.72 Å². The van der Waals surface area contributed by atoms with Crippen LogP contribution in [0, 0.1) is 32.6 Å². The molecule has 2 aliphatic heterocycles. The maximum atomic E-state index is 14.5. The van der Waals surface area contributed by atoms with Crippen molar-refractivity contribution in [3.8, 4) is 20.9 Å². The Bertz CT molecular complexity index is 2710. The number of benzene rings is 2. The van der Waals surface area contributed by atoms with Gasteiger partial charge in [-0.25, -0.2) is 19.9 Å². The molecule has 0 saturated carbocycles. The Morgan fingerprint density at radius 1 is 0.735 bits per heavy atom. The molecule has 15 nitrogen and oxygen atoms in total. The number of aliphatic hydroxyl groups is 1. The first kappa shape index (κ1) is 48.8. The summed E-state index contributed by atoms with van der Waals surface area (Å²) in [7, 11) is 0. The fourth-order valence-electron chi connectivity index (χ4n) is 9.25. The molecule has 8 rings (SSSR count). The number of carbonyl (C=O) groups is 4. The lowest BCUT2D eigenvalue weighted by molar-refractivity contribution is -0.140. The second kappa shape index (κ2) is 21.3. The number of H-pyrrole nitrogens is 1. The van der Waals surface area contributed by atoms with Gasteiger partial charge in [-0.15, -0.1) is 34.0 Å². The zero-order valence-corrected chi connectivity index (χ0v) is 41.8. The molecule has 2 aliphatic rings. The van der Waals surface area contributed by atoms with Crippen LogP contribution in [0.4, 0.5) is 0 Å². The first-order valence-corrected chi connectivity index (χ1v) is 25.7. The van der Waals surface area contributed by atoms with Gasteiger partial charge in [0, 0.05) is 56.3 Å². The van der Waals surface area contributed by atoms with Crippen LogP contribution in [0.2, 0.25) is 0 Å². The lowest BCUT2D eigenvalue weighted by Crippen LogP contribution is -2.48. The van der Waals surface area contributed by atoms with Crippen LogP contribution < -0.4 is 10.6 Å². The van der Waals surface area contributed by atoms with Gasteiger partial charge in [-0.1, -0.05) is 76.2 Å². The molecular formula is C50H59N9O6S3. The molecule has 4 aromatic heterocycles. The van der Waals surface area contributed by atoms with Gasteiger partial charge in [-0.2, -0.15) is 0 Å². The average Bonchev–Trinajstić information content (AvgIpc) is 4.19. The van der Waals surface area contributed by atoms with Gasteiger partial charge in [0.2, 0.25) is 23.6 Å². The number of amides is 4. The number of aromatic amines is 1. The summed E-state index contributed by atoms with van der Waals surface area (Å²) in [5.74, 6) is -1.77. The predicted molar refractivity (Wildman–Crippen MR) is 264 cm³/mol. The molecule has 6 aromatic rings. The zero-order chi connectivity index (χ0) is 48.2. The third kappa shape index (κ3) is 10.9. The molecule has 0 radical (unpaired) electrons. The number of hydrogen-bond donors (Lipinski definition) is 4. The lowest BCUT2D eigenvalue weighted by Gasteiger charge is -2.29. The summed E-state index contributed by atoms with van der Waals surface area (Å²) in [6, 6.07) is 14.4. The van der Waals surface area contributed by atoms with E-state index in [-0.39, 0.29) is 74.5 Å². The van der Waals surface area contributed by atoms with E-state index in [1.807, 2.05) is 113 Å². The number of hydrogen-bond acceptors (Lipinski definition) is 13. The highest BCUT2D eigenvalue weighted by molar-refractivity contribution is 7.13. The molecule has 2 saturated heterocycles. The Hall–Kier alpha value is -5.66. The minimum absolute atomic E-state index is 0.0476. The third-order valence-corrected chi connectivity index (χ3v) is 15.6. The minimum atomic E-state index is -0.836. The molecule has 0 spiro atoms. The van der Waals surface area contributed by atoms with Gasteiger partial charge < -0.3 is 35.3 Å². The standard InChI is InChI=1S/C50H59N9O6S3/c1-27(2)43(38-20-51-31(7)56-38)49(63)59-22-37(17-41(59)48(62)53-19-33-10-14-35(15-11-33)46-30(6)55-26-68-46)65-23-42-57-39(24-66-42)44(28(3)4)50(64)58-21-36(60)16-40(58)47(61)52-18-32-8-12-34(13-9-32)45-29(5)54-25-67-45/h8-15,20,24-28,36-37,40-41,43-44,60H,16-19,21-23H2,1-7H3,(H,51,56)(H,52,61)(H,53,62)/t36-,37-,40+,41+,43-,44-/m1/s1. The Morgan fingerprint density at radius 2 is 1.26 bits per heavy atom. The van der Waals surface area contributed by atoms with Gasteiger partial charge in [-0.05, 0) is 54.9 Å². The largest absolute Gasteiger partial charge is 0.391 e. The number of β-amino-alcohol motifs (C(OH)–C–C–N with tert-alkyl or cyclic N) is 1. The number of thiazole rings is 3. The molecule has 0 bridgehead atoms. The number of aryl methyl sites for hydroxylation is 3. The monoisotopic (exact) mass is 977 g/mol. The maximum Gasteiger partial charge on any atom is 0.243 e. The maximum absolute atomic E-state index is 14.5. The summed E-state index contributed by atoms with van der Waals surface area (Å²) in [6.07, 6.45) is 0.822. The quantitative estimate of drug-likeness (QED) is 0.0721. The number of nitrogens with one attached hydrogen (secondary N) is 3. The molecule has 18 heteroatoms. The van der Waals surface area contributed by atoms with Crippen molar-refractivity contribution in [1.82, 2.24) is 45.4 Å². The van der Waals surface area contributed by atoms with Crippen LogP contribution in [0.15, 0.2) is 71.1 Å². The van der Waals surface area contributed by atoms with Gasteiger partial charge in [0.1, 0.15) is 22.9 Å². The van der Waals surface area contributed by atoms with Gasteiger partial charge in [0.25, 0.3) is 0 Å². The summed E-state index contributed by atoms with van der Waals surface area (Å²) in [5, 5.41) is 19.3. The molecule has 4 amide bonds. The summed E-state index contributed by atoms with van der Waals surface area (Å²) < 4.78 is 6.46. The Kier molecular flexibility index (Phi) is 15.3. The summed E-state index contributed by atoms with van der Waals surface area (Å²) in [5.41, 5.74) is 10.8. The van der Waals surface area contributed by atoms with E-state index in [2.05, 4.69) is 30.6 Å². The normalized spacial score (nSPS) is 19.2. The van der Waals surface area contributed by atoms with E-state index in [9.17, 15) is 24.3 Å². The lowest BCUT2D eigenvalue weighted by atomic mass is 9.91. The number of ether oxygens (including phenoxy) is 1. The molecule has 2 fully saturated rings. The van der Waals surface area contributed by atoms with Crippen LogP contribution in [0.1, 0.15) is 97.1 Å². The van der Waals surface area contributed by atoms with Crippen LogP contribution in [0.25, 0.3) is 20.9 Å². The molecule has 358 valence electrons. The topological polar surface area (TPSA) is 196 Å². The van der Waals surface area contributed by atoms with Crippen LogP contribution in [0.3, 0.4) is 0 Å². The van der Waals surface area contributed by atoms with E-state index in [1.54, 1.807) is 33.8 Å². The second-order valence-corrected chi connectivity index (χ2v) is 21.1. The Balaban J connectivity index is 0.915. The third-order valence-electron chi connectivity index (χ3n) is 12.8. The van der Waals surface area contributed by atoms with Crippen molar-refractivity contribution < 1.29 is 29.0 Å². The Labute approximate surface area is 408 Å². The van der Waals surface area contributed by atoms with Crippen LogP contribution >= 0.6 is 34.0 Å². The average molecular weight is 978 g/mol. The van der Waals surface area contributed by atoms with Crippen LogP contribution in [-0.2, 0) is 43.6 Å². The molecule has 0 unspecified atom stereocenters. The van der Waals surface area contributed by atoms with E-state index in [0.29, 0.717) is 28.8 Å². The van der Waals surface area contributed by atoms with Crippen molar-refractivity contribution in [2.24, 2.45) is 11.8 Å². The first-order valence-electron chi connectivity index (χ1n) is 23.1. The van der Waals surface area contributed by atoms with Crippen molar-refractivity contribution in [2.45, 2.75) is 117 Å².